The summed E-state index contributed by atoms with van der Waals surface area (Å²) in [6.45, 7) is 12.3. The fraction of sp³-hybridized carbons (Fsp3) is 0.276. The van der Waals surface area contributed by atoms with Crippen LogP contribution in [0.25, 0.3) is 16.9 Å². The Hall–Kier alpha value is -3.93. The Morgan fingerprint density at radius 2 is 1.66 bits per heavy atom. The Balaban J connectivity index is 1.62. The number of nitrogens with zero attached hydrogens (tertiary/aromatic N) is 4. The third kappa shape index (κ3) is 4.09. The molecule has 3 heterocycles. The summed E-state index contributed by atoms with van der Waals surface area (Å²) in [5.74, 6) is 0.532. The SMILES string of the molecule is Cc1cccc(C)c1-n1nc2c(c1-c1ccc(C(N)=O)cc1)CN(c1cc(C(C)(C)C)ccn1)C2. The van der Waals surface area contributed by atoms with Crippen molar-refractivity contribution in [3.63, 3.8) is 0 Å². The van der Waals surface area contributed by atoms with Gasteiger partial charge < -0.3 is 10.6 Å². The summed E-state index contributed by atoms with van der Waals surface area (Å²) >= 11 is 0. The molecule has 0 bridgehead atoms. The minimum Gasteiger partial charge on any atom is -0.366 e. The molecule has 1 amide bonds. The molecule has 0 radical (unpaired) electrons. The molecule has 0 saturated carbocycles. The van der Waals surface area contributed by atoms with Crippen LogP contribution >= 0.6 is 0 Å². The quantitative estimate of drug-likeness (QED) is 0.434. The van der Waals surface area contributed by atoms with Gasteiger partial charge in [-0.2, -0.15) is 5.10 Å². The van der Waals surface area contributed by atoms with Gasteiger partial charge in [0.15, 0.2) is 0 Å². The summed E-state index contributed by atoms with van der Waals surface area (Å²) in [5, 5.41) is 5.12. The molecule has 0 saturated heterocycles. The minimum atomic E-state index is -0.430. The summed E-state index contributed by atoms with van der Waals surface area (Å²) in [7, 11) is 0. The highest BCUT2D eigenvalue weighted by Crippen LogP contribution is 2.38. The van der Waals surface area contributed by atoms with E-state index in [-0.39, 0.29) is 5.41 Å². The van der Waals surface area contributed by atoms with Crippen molar-refractivity contribution in [3.8, 4) is 16.9 Å². The lowest BCUT2D eigenvalue weighted by molar-refractivity contribution is 0.100. The number of aryl methyl sites for hydroxylation is 2. The number of aromatic nitrogens is 3. The highest BCUT2D eigenvalue weighted by Gasteiger charge is 2.30. The zero-order chi connectivity index (χ0) is 24.9. The summed E-state index contributed by atoms with van der Waals surface area (Å²) in [6, 6.07) is 18.1. The van der Waals surface area contributed by atoms with Crippen LogP contribution in [0.3, 0.4) is 0 Å². The standard InChI is InChI=1S/C29H31N5O/c1-18-7-6-8-19(2)26(18)34-27(20-9-11-21(12-10-20)28(30)35)23-16-33(17-24(23)32-34)25-15-22(13-14-31-25)29(3,4)5/h6-15H,16-17H2,1-5H3,(H2,30,35). The number of hydrogen-bond acceptors (Lipinski definition) is 4. The number of anilines is 1. The molecule has 2 N–H and O–H groups in total. The molecule has 5 rings (SSSR count). The average Bonchev–Trinajstić information content (AvgIpc) is 3.37. The highest BCUT2D eigenvalue weighted by molar-refractivity contribution is 5.93. The molecule has 35 heavy (non-hydrogen) atoms. The topological polar surface area (TPSA) is 77.0 Å². The van der Waals surface area contributed by atoms with Crippen LogP contribution in [0.2, 0.25) is 0 Å². The maximum Gasteiger partial charge on any atom is 0.248 e. The molecule has 4 aromatic rings. The molecule has 0 unspecified atom stereocenters. The Kier molecular flexibility index (Phi) is 5.47. The van der Waals surface area contributed by atoms with Gasteiger partial charge in [0.2, 0.25) is 5.91 Å². The van der Waals surface area contributed by atoms with E-state index in [9.17, 15) is 4.79 Å². The van der Waals surface area contributed by atoms with Crippen molar-refractivity contribution in [3.05, 3.63) is 94.3 Å². The number of pyridine rings is 1. The maximum absolute atomic E-state index is 11.7. The smallest absolute Gasteiger partial charge is 0.248 e. The maximum atomic E-state index is 11.7. The van der Waals surface area contributed by atoms with Crippen LogP contribution in [0, 0.1) is 13.8 Å². The summed E-state index contributed by atoms with van der Waals surface area (Å²) in [5.41, 5.74) is 15.0. The monoisotopic (exact) mass is 465 g/mol. The van der Waals surface area contributed by atoms with Gasteiger partial charge in [0.05, 0.1) is 23.6 Å². The zero-order valence-corrected chi connectivity index (χ0v) is 21.0. The van der Waals surface area contributed by atoms with Gasteiger partial charge in [-0.15, -0.1) is 0 Å². The average molecular weight is 466 g/mol. The van der Waals surface area contributed by atoms with Crippen LogP contribution in [-0.2, 0) is 18.5 Å². The van der Waals surface area contributed by atoms with Crippen LogP contribution in [0.5, 0.6) is 0 Å². The highest BCUT2D eigenvalue weighted by atomic mass is 16.1. The number of nitrogens with two attached hydrogens (primary N) is 1. The van der Waals surface area contributed by atoms with Crippen LogP contribution in [0.1, 0.15) is 59.1 Å². The van der Waals surface area contributed by atoms with Crippen molar-refractivity contribution < 1.29 is 4.79 Å². The molecule has 2 aromatic heterocycles. The first-order chi connectivity index (χ1) is 16.6. The van der Waals surface area contributed by atoms with Crippen molar-refractivity contribution >= 4 is 11.7 Å². The Morgan fingerprint density at radius 3 is 2.29 bits per heavy atom. The largest absolute Gasteiger partial charge is 0.366 e. The molecule has 0 atom stereocenters. The summed E-state index contributed by atoms with van der Waals surface area (Å²) < 4.78 is 2.07. The number of hydrogen-bond donors (Lipinski definition) is 1. The van der Waals surface area contributed by atoms with Crippen molar-refractivity contribution in [2.24, 2.45) is 5.73 Å². The number of rotatable bonds is 4. The molecule has 0 spiro atoms. The van der Waals surface area contributed by atoms with Gasteiger partial charge in [0, 0.05) is 29.4 Å². The summed E-state index contributed by atoms with van der Waals surface area (Å²) in [4.78, 5) is 18.6. The van der Waals surface area contributed by atoms with Crippen LogP contribution < -0.4 is 10.6 Å². The van der Waals surface area contributed by atoms with E-state index in [1.54, 1.807) is 12.1 Å². The van der Waals surface area contributed by atoms with Gasteiger partial charge in [0.1, 0.15) is 5.82 Å². The fourth-order valence-corrected chi connectivity index (χ4v) is 4.83. The van der Waals surface area contributed by atoms with E-state index >= 15 is 0 Å². The lowest BCUT2D eigenvalue weighted by atomic mass is 9.88. The number of fused-ring (bicyclic) bond motifs is 1. The molecule has 6 heteroatoms. The lowest BCUT2D eigenvalue weighted by Gasteiger charge is -2.23. The Morgan fingerprint density at radius 1 is 0.971 bits per heavy atom. The lowest BCUT2D eigenvalue weighted by Crippen LogP contribution is -2.20. The number of primary amides is 1. The molecular formula is C29H31N5O. The molecule has 1 aliphatic rings. The van der Waals surface area contributed by atoms with Gasteiger partial charge in [-0.1, -0.05) is 51.1 Å². The van der Waals surface area contributed by atoms with Crippen LogP contribution in [0.15, 0.2) is 60.8 Å². The second-order valence-corrected chi connectivity index (χ2v) is 10.4. The van der Waals surface area contributed by atoms with Crippen molar-refractivity contribution in [2.45, 2.75) is 53.1 Å². The van der Waals surface area contributed by atoms with E-state index in [1.807, 2.05) is 18.3 Å². The van der Waals surface area contributed by atoms with Gasteiger partial charge in [-0.3, -0.25) is 4.79 Å². The second kappa shape index (κ2) is 8.38. The van der Waals surface area contributed by atoms with E-state index in [2.05, 4.69) is 79.5 Å². The van der Waals surface area contributed by atoms with Crippen molar-refractivity contribution in [1.82, 2.24) is 14.8 Å². The molecular weight excluding hydrogens is 434 g/mol. The number of amides is 1. The van der Waals surface area contributed by atoms with Gasteiger partial charge in [-0.05, 0) is 60.2 Å². The Labute approximate surface area is 206 Å². The van der Waals surface area contributed by atoms with Gasteiger partial charge in [0.25, 0.3) is 0 Å². The Bertz CT molecular complexity index is 1410. The first-order valence-corrected chi connectivity index (χ1v) is 11.9. The first-order valence-electron chi connectivity index (χ1n) is 11.9. The van der Waals surface area contributed by atoms with E-state index < -0.39 is 5.91 Å². The van der Waals surface area contributed by atoms with Crippen molar-refractivity contribution in [1.29, 1.82) is 0 Å². The van der Waals surface area contributed by atoms with Crippen LogP contribution in [-0.4, -0.2) is 20.7 Å². The van der Waals surface area contributed by atoms with Crippen LogP contribution in [0.4, 0.5) is 5.82 Å². The molecule has 2 aromatic carbocycles. The molecule has 6 nitrogen and oxygen atoms in total. The van der Waals surface area contributed by atoms with E-state index in [0.717, 1.165) is 39.6 Å². The predicted molar refractivity (Wildman–Crippen MR) is 140 cm³/mol. The number of benzene rings is 2. The number of carbonyl (C=O) groups is 1. The van der Waals surface area contributed by atoms with E-state index in [1.165, 1.54) is 11.1 Å². The first kappa shape index (κ1) is 22.8. The van der Waals surface area contributed by atoms with E-state index in [0.29, 0.717) is 18.7 Å². The minimum absolute atomic E-state index is 0.0521. The number of para-hydroxylation sites is 1. The fourth-order valence-electron chi connectivity index (χ4n) is 4.83. The third-order valence-corrected chi connectivity index (χ3v) is 6.79. The number of carbonyl (C=O) groups excluding carboxylic acids is 1. The predicted octanol–water partition coefficient (Wildman–Crippen LogP) is 5.47. The molecule has 0 aliphatic carbocycles. The second-order valence-electron chi connectivity index (χ2n) is 10.4. The van der Waals surface area contributed by atoms with E-state index in [4.69, 9.17) is 10.8 Å². The molecule has 1 aliphatic heterocycles. The van der Waals surface area contributed by atoms with Crippen molar-refractivity contribution in [2.75, 3.05) is 4.90 Å². The third-order valence-electron chi connectivity index (χ3n) is 6.79. The molecule has 178 valence electrons. The van der Waals surface area contributed by atoms with Gasteiger partial charge >= 0.3 is 0 Å². The zero-order valence-electron chi connectivity index (χ0n) is 21.0. The van der Waals surface area contributed by atoms with Gasteiger partial charge in [-0.25, -0.2) is 9.67 Å². The normalized spacial score (nSPS) is 13.2. The molecule has 0 fully saturated rings. The summed E-state index contributed by atoms with van der Waals surface area (Å²) in [6.07, 6.45) is 1.90.